The van der Waals surface area contributed by atoms with E-state index in [1.807, 2.05) is 19.9 Å². The van der Waals surface area contributed by atoms with E-state index >= 15 is 0 Å². The lowest BCUT2D eigenvalue weighted by molar-refractivity contribution is 0.303. The first kappa shape index (κ1) is 15.7. The highest BCUT2D eigenvalue weighted by Gasteiger charge is 2.03. The minimum absolute atomic E-state index is 0.623. The molecule has 1 aromatic heterocycles. The molecular weight excluding hydrogens is 240 g/mol. The molecule has 0 aromatic carbocycles. The van der Waals surface area contributed by atoms with Crippen LogP contribution in [0.2, 0.25) is 0 Å². The fourth-order valence-corrected chi connectivity index (χ4v) is 1.91. The van der Waals surface area contributed by atoms with Gasteiger partial charge in [0.2, 0.25) is 5.88 Å². The molecule has 0 aliphatic heterocycles. The summed E-state index contributed by atoms with van der Waals surface area (Å²) in [6.45, 7) is 13.1. The minimum Gasteiger partial charge on any atom is -0.478 e. The van der Waals surface area contributed by atoms with Crippen LogP contribution in [0.25, 0.3) is 0 Å². The van der Waals surface area contributed by atoms with Crippen LogP contribution < -0.4 is 10.1 Å². The van der Waals surface area contributed by atoms with E-state index in [0.29, 0.717) is 12.5 Å². The number of rotatable bonds is 9. The van der Waals surface area contributed by atoms with Crippen LogP contribution in [0.3, 0.4) is 0 Å². The van der Waals surface area contributed by atoms with Crippen molar-refractivity contribution in [1.82, 2.24) is 14.9 Å². The second-order valence-corrected chi connectivity index (χ2v) is 4.38. The Morgan fingerprint density at radius 1 is 1.21 bits per heavy atom. The zero-order valence-electron chi connectivity index (χ0n) is 12.6. The third-order valence-electron chi connectivity index (χ3n) is 2.96. The average Bonchev–Trinajstić information content (AvgIpc) is 2.39. The molecule has 1 heterocycles. The lowest BCUT2D eigenvalue weighted by atomic mass is 10.3. The molecule has 1 N–H and O–H groups in total. The summed E-state index contributed by atoms with van der Waals surface area (Å²) in [6, 6.07) is 1.86. The lowest BCUT2D eigenvalue weighted by Crippen LogP contribution is -2.25. The fourth-order valence-electron chi connectivity index (χ4n) is 1.91. The molecule has 0 unspecified atom stereocenters. The Morgan fingerprint density at radius 3 is 2.58 bits per heavy atom. The summed E-state index contributed by atoms with van der Waals surface area (Å²) in [5.41, 5.74) is 0. The third kappa shape index (κ3) is 5.87. The van der Waals surface area contributed by atoms with Crippen molar-refractivity contribution in [3.05, 3.63) is 11.9 Å². The summed E-state index contributed by atoms with van der Waals surface area (Å²) in [4.78, 5) is 11.0. The van der Waals surface area contributed by atoms with Crippen LogP contribution in [-0.4, -0.2) is 47.7 Å². The highest BCUT2D eigenvalue weighted by molar-refractivity contribution is 5.38. The van der Waals surface area contributed by atoms with Crippen LogP contribution in [0.15, 0.2) is 6.07 Å². The number of hydrogen-bond donors (Lipinski definition) is 1. The predicted octanol–water partition coefficient (Wildman–Crippen LogP) is 2.33. The van der Waals surface area contributed by atoms with Gasteiger partial charge in [0, 0.05) is 12.6 Å². The summed E-state index contributed by atoms with van der Waals surface area (Å²) >= 11 is 0. The van der Waals surface area contributed by atoms with E-state index in [4.69, 9.17) is 4.74 Å². The van der Waals surface area contributed by atoms with Crippen molar-refractivity contribution in [1.29, 1.82) is 0 Å². The first-order chi connectivity index (χ1) is 9.19. The topological polar surface area (TPSA) is 50.3 Å². The largest absolute Gasteiger partial charge is 0.478 e. The van der Waals surface area contributed by atoms with Crippen molar-refractivity contribution in [2.75, 3.05) is 38.1 Å². The van der Waals surface area contributed by atoms with Crippen molar-refractivity contribution in [2.24, 2.45) is 0 Å². The van der Waals surface area contributed by atoms with Crippen LogP contribution >= 0.6 is 0 Å². The van der Waals surface area contributed by atoms with Gasteiger partial charge in [-0.15, -0.1) is 0 Å². The van der Waals surface area contributed by atoms with E-state index in [9.17, 15) is 0 Å². The average molecular weight is 266 g/mol. The third-order valence-corrected chi connectivity index (χ3v) is 2.96. The van der Waals surface area contributed by atoms with Gasteiger partial charge in [0.1, 0.15) is 11.6 Å². The Bertz CT molecular complexity index is 366. The summed E-state index contributed by atoms with van der Waals surface area (Å²) in [5, 5.41) is 3.33. The molecule has 5 heteroatoms. The number of nitrogens with one attached hydrogen (secondary N) is 1. The Labute approximate surface area is 116 Å². The summed E-state index contributed by atoms with van der Waals surface area (Å²) in [5.74, 6) is 2.22. The van der Waals surface area contributed by atoms with E-state index in [-0.39, 0.29) is 0 Å². The van der Waals surface area contributed by atoms with Gasteiger partial charge < -0.3 is 15.0 Å². The molecule has 0 fully saturated rings. The van der Waals surface area contributed by atoms with Crippen molar-refractivity contribution in [2.45, 2.75) is 34.1 Å². The number of nitrogens with zero attached hydrogens (tertiary/aromatic N) is 3. The van der Waals surface area contributed by atoms with E-state index < -0.39 is 0 Å². The SMILES string of the molecule is CCOc1cc(NCCCN(CC)CC)nc(C)n1. The van der Waals surface area contributed by atoms with E-state index in [1.165, 1.54) is 0 Å². The van der Waals surface area contributed by atoms with Crippen molar-refractivity contribution in [3.63, 3.8) is 0 Å². The molecule has 0 atom stereocenters. The second-order valence-electron chi connectivity index (χ2n) is 4.38. The first-order valence-electron chi connectivity index (χ1n) is 7.14. The summed E-state index contributed by atoms with van der Waals surface area (Å²) in [7, 11) is 0. The fraction of sp³-hybridized carbons (Fsp3) is 0.714. The molecular formula is C14H26N4O. The Hall–Kier alpha value is -1.36. The van der Waals surface area contributed by atoms with E-state index in [2.05, 4.69) is 34.0 Å². The number of aryl methyl sites for hydroxylation is 1. The maximum absolute atomic E-state index is 5.41. The van der Waals surface area contributed by atoms with Gasteiger partial charge >= 0.3 is 0 Å². The van der Waals surface area contributed by atoms with Gasteiger partial charge in [-0.1, -0.05) is 13.8 Å². The van der Waals surface area contributed by atoms with Gasteiger partial charge in [0.25, 0.3) is 0 Å². The van der Waals surface area contributed by atoms with Crippen LogP contribution in [-0.2, 0) is 0 Å². The van der Waals surface area contributed by atoms with E-state index in [1.54, 1.807) is 0 Å². The highest BCUT2D eigenvalue weighted by atomic mass is 16.5. The maximum atomic E-state index is 5.41. The monoisotopic (exact) mass is 266 g/mol. The number of anilines is 1. The van der Waals surface area contributed by atoms with Crippen molar-refractivity contribution >= 4 is 5.82 Å². The van der Waals surface area contributed by atoms with Crippen LogP contribution in [0.4, 0.5) is 5.82 Å². The van der Waals surface area contributed by atoms with Crippen LogP contribution in [0, 0.1) is 6.92 Å². The number of aromatic nitrogens is 2. The minimum atomic E-state index is 0.623. The van der Waals surface area contributed by atoms with Crippen LogP contribution in [0.5, 0.6) is 5.88 Å². The molecule has 0 radical (unpaired) electrons. The quantitative estimate of drug-likeness (QED) is 0.695. The lowest BCUT2D eigenvalue weighted by Gasteiger charge is -2.17. The van der Waals surface area contributed by atoms with Gasteiger partial charge in [-0.05, 0) is 39.9 Å². The summed E-state index contributed by atoms with van der Waals surface area (Å²) < 4.78 is 5.41. The zero-order chi connectivity index (χ0) is 14.1. The molecule has 0 spiro atoms. The van der Waals surface area contributed by atoms with Crippen molar-refractivity contribution < 1.29 is 4.74 Å². The molecule has 0 saturated carbocycles. The van der Waals surface area contributed by atoms with Gasteiger partial charge in [0.15, 0.2) is 0 Å². The van der Waals surface area contributed by atoms with Crippen molar-refractivity contribution in [3.8, 4) is 5.88 Å². The zero-order valence-corrected chi connectivity index (χ0v) is 12.6. The maximum Gasteiger partial charge on any atom is 0.218 e. The van der Waals surface area contributed by atoms with Gasteiger partial charge in [-0.25, -0.2) is 4.98 Å². The molecule has 0 amide bonds. The smallest absolute Gasteiger partial charge is 0.218 e. The molecule has 0 aliphatic carbocycles. The van der Waals surface area contributed by atoms with Crippen LogP contribution in [0.1, 0.15) is 33.0 Å². The standard InChI is InChI=1S/C14H26N4O/c1-5-18(6-2)10-8-9-15-13-11-14(19-7-3)17-12(4)16-13/h11H,5-10H2,1-4H3,(H,15,16,17). The molecule has 0 bridgehead atoms. The summed E-state index contributed by atoms with van der Waals surface area (Å²) in [6.07, 6.45) is 1.11. The Balaban J connectivity index is 2.40. The molecule has 108 valence electrons. The van der Waals surface area contributed by atoms with Gasteiger partial charge in [0.05, 0.1) is 6.61 Å². The number of ether oxygens (including phenoxy) is 1. The Kier molecular flexibility index (Phi) is 7.18. The molecule has 1 aromatic rings. The first-order valence-corrected chi connectivity index (χ1v) is 7.14. The van der Waals surface area contributed by atoms with Gasteiger partial charge in [-0.2, -0.15) is 4.98 Å². The predicted molar refractivity (Wildman–Crippen MR) is 78.8 cm³/mol. The molecule has 19 heavy (non-hydrogen) atoms. The van der Waals surface area contributed by atoms with Gasteiger partial charge in [-0.3, -0.25) is 0 Å². The Morgan fingerprint density at radius 2 is 1.95 bits per heavy atom. The number of hydrogen-bond acceptors (Lipinski definition) is 5. The highest BCUT2D eigenvalue weighted by Crippen LogP contribution is 2.13. The molecule has 0 aliphatic rings. The molecule has 0 saturated heterocycles. The second kappa shape index (κ2) is 8.69. The normalized spacial score (nSPS) is 10.8. The molecule has 1 rings (SSSR count). The molecule has 5 nitrogen and oxygen atoms in total. The van der Waals surface area contributed by atoms with E-state index in [0.717, 1.165) is 44.2 Å².